The number of aliphatic carboxylic acids is 1. The van der Waals surface area contributed by atoms with Gasteiger partial charge < -0.3 is 32.1 Å². The number of carboxylic acid groups (broad SMARTS) is 1. The predicted molar refractivity (Wildman–Crippen MR) is 97.5 cm³/mol. The summed E-state index contributed by atoms with van der Waals surface area (Å²) in [5, 5.41) is 13.9. The van der Waals surface area contributed by atoms with Crippen LogP contribution in [0.25, 0.3) is 0 Å². The molecule has 0 aromatic heterocycles. The molecule has 1 saturated heterocycles. The summed E-state index contributed by atoms with van der Waals surface area (Å²) in [7, 11) is 0. The van der Waals surface area contributed by atoms with E-state index in [1.807, 2.05) is 0 Å². The van der Waals surface area contributed by atoms with Gasteiger partial charge in [-0.25, -0.2) is 4.79 Å². The van der Waals surface area contributed by atoms with Crippen molar-refractivity contribution in [3.63, 3.8) is 0 Å². The summed E-state index contributed by atoms with van der Waals surface area (Å²) in [4.78, 5) is 60.5. The number of nitrogens with zero attached hydrogens (tertiary/aromatic N) is 1. The topological polar surface area (TPSA) is 185 Å². The number of hydrogen-bond donors (Lipinski definition) is 6. The monoisotopic (exact) mass is 403 g/mol. The van der Waals surface area contributed by atoms with E-state index in [9.17, 15) is 29.1 Å². The fraction of sp³-hybridized carbons (Fsp3) is 0.667. The number of likely N-dealkylation sites (tertiary alicyclic amines) is 1. The molecule has 0 saturated carbocycles. The van der Waals surface area contributed by atoms with Crippen molar-refractivity contribution in [3.8, 4) is 0 Å². The van der Waals surface area contributed by atoms with Crippen molar-refractivity contribution in [1.82, 2.24) is 15.5 Å². The highest BCUT2D eigenvalue weighted by atomic mass is 32.1. The number of carbonyl (C=O) groups is 5. The second-order valence-corrected chi connectivity index (χ2v) is 6.66. The Morgan fingerprint density at radius 2 is 1.78 bits per heavy atom. The molecule has 0 spiro atoms. The second kappa shape index (κ2) is 10.1. The number of hydrogen-bond acceptors (Lipinski definition) is 7. The minimum Gasteiger partial charge on any atom is -0.480 e. The summed E-state index contributed by atoms with van der Waals surface area (Å²) >= 11 is 3.99. The summed E-state index contributed by atoms with van der Waals surface area (Å²) in [6.45, 7) is 1.63. The van der Waals surface area contributed by atoms with Crippen LogP contribution in [-0.2, 0) is 24.0 Å². The fourth-order valence-electron chi connectivity index (χ4n) is 2.66. The van der Waals surface area contributed by atoms with Gasteiger partial charge in [-0.05, 0) is 19.8 Å². The summed E-state index contributed by atoms with van der Waals surface area (Å²) < 4.78 is 0. The van der Waals surface area contributed by atoms with Crippen molar-refractivity contribution >= 4 is 42.2 Å². The highest BCUT2D eigenvalue weighted by molar-refractivity contribution is 7.80. The van der Waals surface area contributed by atoms with Crippen LogP contribution < -0.4 is 22.1 Å². The van der Waals surface area contributed by atoms with Gasteiger partial charge in [0.1, 0.15) is 18.1 Å². The van der Waals surface area contributed by atoms with Gasteiger partial charge in [0.15, 0.2) is 0 Å². The number of nitrogens with one attached hydrogen (secondary N) is 2. The van der Waals surface area contributed by atoms with Crippen LogP contribution in [0.5, 0.6) is 0 Å². The highest BCUT2D eigenvalue weighted by Gasteiger charge is 2.38. The molecule has 1 rings (SSSR count). The maximum atomic E-state index is 12.7. The molecule has 7 N–H and O–H groups in total. The lowest BCUT2D eigenvalue weighted by Gasteiger charge is -2.28. The third kappa shape index (κ3) is 6.40. The third-order valence-electron chi connectivity index (χ3n) is 4.07. The number of primary amides is 1. The average Bonchev–Trinajstić information content (AvgIpc) is 3.07. The zero-order valence-corrected chi connectivity index (χ0v) is 15.8. The first-order chi connectivity index (χ1) is 12.6. The number of amides is 4. The lowest BCUT2D eigenvalue weighted by molar-refractivity contribution is -0.149. The molecule has 0 aromatic carbocycles. The number of carbonyl (C=O) groups excluding carboxylic acids is 4. The van der Waals surface area contributed by atoms with E-state index in [0.29, 0.717) is 6.42 Å². The lowest BCUT2D eigenvalue weighted by Crippen LogP contribution is -2.58. The molecule has 4 amide bonds. The summed E-state index contributed by atoms with van der Waals surface area (Å²) in [5.41, 5.74) is 10.6. The van der Waals surface area contributed by atoms with E-state index in [0.717, 1.165) is 4.90 Å². The quantitative estimate of drug-likeness (QED) is 0.224. The van der Waals surface area contributed by atoms with Crippen LogP contribution in [-0.4, -0.2) is 76.1 Å². The van der Waals surface area contributed by atoms with E-state index in [1.54, 1.807) is 0 Å². The summed E-state index contributed by atoms with van der Waals surface area (Å²) in [6, 6.07) is -4.32. The number of carboxylic acids is 1. The van der Waals surface area contributed by atoms with Crippen molar-refractivity contribution in [2.24, 2.45) is 11.5 Å². The standard InChI is InChI=1S/C15H25N5O6S/c1-7(16)12(22)19-9(6-27)13(23)18-8(5-11(17)21)14(24)20-4-2-3-10(20)15(25)26/h7-10,27H,2-6,16H2,1H3,(H2,17,21)(H,18,23)(H,19,22)(H,25,26). The molecule has 0 aliphatic carbocycles. The van der Waals surface area contributed by atoms with Crippen LogP contribution >= 0.6 is 12.6 Å². The minimum absolute atomic E-state index is 0.0801. The van der Waals surface area contributed by atoms with Crippen molar-refractivity contribution in [1.29, 1.82) is 0 Å². The number of rotatable bonds is 9. The van der Waals surface area contributed by atoms with Crippen LogP contribution in [0.2, 0.25) is 0 Å². The van der Waals surface area contributed by atoms with Gasteiger partial charge in [0.2, 0.25) is 23.6 Å². The van der Waals surface area contributed by atoms with E-state index in [4.69, 9.17) is 11.5 Å². The SMILES string of the molecule is CC(N)C(=O)NC(CS)C(=O)NC(CC(N)=O)C(=O)N1CCCC1C(=O)O. The van der Waals surface area contributed by atoms with Crippen LogP contribution in [0, 0.1) is 0 Å². The molecule has 4 atom stereocenters. The molecule has 11 nitrogen and oxygen atoms in total. The summed E-state index contributed by atoms with van der Waals surface area (Å²) in [5.74, 6) is -4.16. The molecule has 0 aromatic rings. The van der Waals surface area contributed by atoms with Gasteiger partial charge in [-0.2, -0.15) is 12.6 Å². The number of nitrogens with two attached hydrogens (primary N) is 2. The van der Waals surface area contributed by atoms with Gasteiger partial charge in [0.25, 0.3) is 0 Å². The van der Waals surface area contributed by atoms with E-state index < -0.39 is 60.2 Å². The largest absolute Gasteiger partial charge is 0.480 e. The normalized spacial score (nSPS) is 19.7. The van der Waals surface area contributed by atoms with Crippen molar-refractivity contribution in [2.75, 3.05) is 12.3 Å². The fourth-order valence-corrected chi connectivity index (χ4v) is 2.92. The molecule has 4 unspecified atom stereocenters. The van der Waals surface area contributed by atoms with Gasteiger partial charge in [0.05, 0.1) is 12.5 Å². The van der Waals surface area contributed by atoms with Gasteiger partial charge in [-0.1, -0.05) is 0 Å². The molecule has 1 aliphatic rings. The third-order valence-corrected chi connectivity index (χ3v) is 4.44. The molecule has 152 valence electrons. The lowest BCUT2D eigenvalue weighted by atomic mass is 10.1. The van der Waals surface area contributed by atoms with Crippen molar-refractivity contribution < 1.29 is 29.1 Å². The zero-order valence-electron chi connectivity index (χ0n) is 14.9. The van der Waals surface area contributed by atoms with E-state index >= 15 is 0 Å². The Morgan fingerprint density at radius 1 is 1.19 bits per heavy atom. The number of thiol groups is 1. The molecule has 1 aliphatic heterocycles. The van der Waals surface area contributed by atoms with E-state index in [1.165, 1.54) is 6.92 Å². The van der Waals surface area contributed by atoms with Crippen LogP contribution in [0.1, 0.15) is 26.2 Å². The smallest absolute Gasteiger partial charge is 0.326 e. The van der Waals surface area contributed by atoms with Crippen LogP contribution in [0.4, 0.5) is 0 Å². The Morgan fingerprint density at radius 3 is 2.26 bits per heavy atom. The van der Waals surface area contributed by atoms with Crippen molar-refractivity contribution in [3.05, 3.63) is 0 Å². The second-order valence-electron chi connectivity index (χ2n) is 6.29. The van der Waals surface area contributed by atoms with Gasteiger partial charge in [0, 0.05) is 12.3 Å². The average molecular weight is 403 g/mol. The Kier molecular flexibility index (Phi) is 8.50. The molecule has 0 radical (unpaired) electrons. The molecule has 1 fully saturated rings. The molecule has 27 heavy (non-hydrogen) atoms. The van der Waals surface area contributed by atoms with Crippen LogP contribution in [0.3, 0.4) is 0 Å². The first kappa shape index (κ1) is 22.7. The van der Waals surface area contributed by atoms with E-state index in [2.05, 4.69) is 23.3 Å². The van der Waals surface area contributed by atoms with Gasteiger partial charge >= 0.3 is 5.97 Å². The Hall–Kier alpha value is -2.34. The Labute approximate surface area is 161 Å². The molecule has 0 bridgehead atoms. The summed E-state index contributed by atoms with van der Waals surface area (Å²) in [6.07, 6.45) is 0.264. The van der Waals surface area contributed by atoms with Crippen LogP contribution in [0.15, 0.2) is 0 Å². The molecule has 1 heterocycles. The molecular formula is C15H25N5O6S. The Balaban J connectivity index is 2.91. The predicted octanol–water partition coefficient (Wildman–Crippen LogP) is -2.82. The maximum Gasteiger partial charge on any atom is 0.326 e. The first-order valence-corrected chi connectivity index (χ1v) is 9.00. The maximum absolute atomic E-state index is 12.7. The minimum atomic E-state index is -1.34. The Bertz CT molecular complexity index is 614. The molecule has 12 heteroatoms. The van der Waals surface area contributed by atoms with Gasteiger partial charge in [-0.3, -0.25) is 19.2 Å². The first-order valence-electron chi connectivity index (χ1n) is 8.37. The van der Waals surface area contributed by atoms with Crippen molar-refractivity contribution in [2.45, 2.75) is 50.4 Å². The zero-order chi connectivity index (χ0) is 20.7. The highest BCUT2D eigenvalue weighted by Crippen LogP contribution is 2.19. The molecular weight excluding hydrogens is 378 g/mol. The van der Waals surface area contributed by atoms with E-state index in [-0.39, 0.29) is 18.7 Å². The van der Waals surface area contributed by atoms with Gasteiger partial charge in [-0.15, -0.1) is 0 Å².